The molecule has 0 atom stereocenters. The van der Waals surface area contributed by atoms with Crippen molar-refractivity contribution < 1.29 is 0 Å². The number of nitrogens with zero attached hydrogens (tertiary/aromatic N) is 1. The molecule has 0 bridgehead atoms. The summed E-state index contributed by atoms with van der Waals surface area (Å²) in [4.78, 5) is 2.59. The van der Waals surface area contributed by atoms with Crippen molar-refractivity contribution in [2.24, 2.45) is 0 Å². The lowest BCUT2D eigenvalue weighted by Gasteiger charge is -2.34. The van der Waals surface area contributed by atoms with Gasteiger partial charge >= 0.3 is 0 Å². The lowest BCUT2D eigenvalue weighted by molar-refractivity contribution is 0.586. The van der Waals surface area contributed by atoms with Gasteiger partial charge in [0.25, 0.3) is 0 Å². The van der Waals surface area contributed by atoms with Gasteiger partial charge in [-0.05, 0) is 152 Å². The summed E-state index contributed by atoms with van der Waals surface area (Å²) in [5.74, 6) is 0. The zero-order chi connectivity index (χ0) is 52.3. The number of para-hydroxylation sites is 1. The van der Waals surface area contributed by atoms with Gasteiger partial charge in [-0.25, -0.2) is 0 Å². The molecular weight excluding hydrogens is 915 g/mol. The largest absolute Gasteiger partial charge is 0.309 e. The maximum Gasteiger partial charge on any atom is 0.0726 e. The first kappa shape index (κ1) is 46.5. The number of fused-ring (bicyclic) bond motifs is 16. The van der Waals surface area contributed by atoms with Gasteiger partial charge in [-0.2, -0.15) is 0 Å². The normalized spacial score (nSPS) is 15.3. The molecule has 0 amide bonds. The van der Waals surface area contributed by atoms with Gasteiger partial charge in [-0.15, -0.1) is 0 Å². The number of hydrogen-bond donors (Lipinski definition) is 0. The summed E-state index contributed by atoms with van der Waals surface area (Å²) in [6.07, 6.45) is 0. The van der Waals surface area contributed by atoms with Crippen LogP contribution in [0, 0.1) is 0 Å². The number of anilines is 3. The SMILES string of the molecule is CC(C)(C)c1ccc2c(c1)C1(c3cc(C(C)(C)C)ccc3-2)c2ccccc2-c2c(N(c3ccc(-c4cccc5c4C(C)(C)c4ccccc4-5)cc3)c3ccccc3-c3ccc4c(c3)C(C)(C)c3ccccc3-4)cccc21. The molecule has 0 saturated carbocycles. The average molecular weight is 980 g/mol. The van der Waals surface area contributed by atoms with Gasteiger partial charge in [-0.3, -0.25) is 0 Å². The van der Waals surface area contributed by atoms with Crippen LogP contribution in [0.25, 0.3) is 66.8 Å². The summed E-state index contributed by atoms with van der Waals surface area (Å²) < 4.78 is 0. The van der Waals surface area contributed by atoms with Gasteiger partial charge in [0.15, 0.2) is 0 Å². The van der Waals surface area contributed by atoms with Gasteiger partial charge in [0.2, 0.25) is 0 Å². The molecule has 0 saturated heterocycles. The van der Waals surface area contributed by atoms with E-state index >= 15 is 0 Å². The van der Waals surface area contributed by atoms with E-state index in [1.807, 2.05) is 0 Å². The Morgan fingerprint density at radius 3 is 1.39 bits per heavy atom. The van der Waals surface area contributed by atoms with Crippen LogP contribution < -0.4 is 4.90 Å². The predicted molar refractivity (Wildman–Crippen MR) is 321 cm³/mol. The zero-order valence-electron chi connectivity index (χ0n) is 45.7. The van der Waals surface area contributed by atoms with Crippen LogP contribution >= 0.6 is 0 Å². The van der Waals surface area contributed by atoms with Crippen LogP contribution in [0.5, 0.6) is 0 Å². The van der Waals surface area contributed by atoms with Crippen LogP contribution in [0.2, 0.25) is 0 Å². The van der Waals surface area contributed by atoms with E-state index in [0.717, 1.165) is 11.4 Å². The number of hydrogen-bond acceptors (Lipinski definition) is 1. The van der Waals surface area contributed by atoms with Crippen molar-refractivity contribution in [2.75, 3.05) is 4.90 Å². The van der Waals surface area contributed by atoms with Gasteiger partial charge < -0.3 is 4.90 Å². The molecule has 14 rings (SSSR count). The quantitative estimate of drug-likeness (QED) is 0.166. The molecule has 10 aromatic carbocycles. The Labute approximate surface area is 450 Å². The second-order valence-electron chi connectivity index (χ2n) is 25.2. The minimum atomic E-state index is -0.539. The Hall–Kier alpha value is -8.00. The third kappa shape index (κ3) is 6.38. The molecule has 76 heavy (non-hydrogen) atoms. The third-order valence-corrected chi connectivity index (χ3v) is 18.2. The van der Waals surface area contributed by atoms with Crippen molar-refractivity contribution in [3.05, 3.63) is 268 Å². The summed E-state index contributed by atoms with van der Waals surface area (Å²) in [6, 6.07) is 81.9. The van der Waals surface area contributed by atoms with E-state index in [2.05, 4.69) is 286 Å². The second-order valence-corrected chi connectivity index (χ2v) is 25.2. The molecular formula is C75H65N. The molecule has 1 nitrogen and oxygen atoms in total. The molecule has 1 spiro atoms. The highest BCUT2D eigenvalue weighted by Crippen LogP contribution is 2.66. The van der Waals surface area contributed by atoms with Gasteiger partial charge in [0, 0.05) is 27.6 Å². The third-order valence-electron chi connectivity index (χ3n) is 18.2. The molecule has 0 aromatic heterocycles. The number of rotatable bonds is 5. The maximum atomic E-state index is 2.59. The first-order chi connectivity index (χ1) is 36.5. The van der Waals surface area contributed by atoms with E-state index in [9.17, 15) is 0 Å². The summed E-state index contributed by atoms with van der Waals surface area (Å²) in [5, 5.41) is 0. The van der Waals surface area contributed by atoms with Crippen molar-refractivity contribution in [1.82, 2.24) is 0 Å². The second kappa shape index (κ2) is 16.0. The topological polar surface area (TPSA) is 3.24 Å². The lowest BCUT2D eigenvalue weighted by atomic mass is 9.69. The minimum absolute atomic E-state index is 0.0356. The van der Waals surface area contributed by atoms with Crippen molar-refractivity contribution in [3.63, 3.8) is 0 Å². The lowest BCUT2D eigenvalue weighted by Crippen LogP contribution is -2.27. The molecule has 0 aliphatic heterocycles. The molecule has 370 valence electrons. The van der Waals surface area contributed by atoms with Crippen molar-refractivity contribution >= 4 is 17.1 Å². The van der Waals surface area contributed by atoms with Gasteiger partial charge in [0.1, 0.15) is 0 Å². The molecule has 10 aromatic rings. The van der Waals surface area contributed by atoms with Crippen LogP contribution in [0.15, 0.2) is 212 Å². The van der Waals surface area contributed by atoms with Crippen LogP contribution in [0.3, 0.4) is 0 Å². The maximum absolute atomic E-state index is 2.59. The summed E-state index contributed by atoms with van der Waals surface area (Å²) in [5.41, 5.74) is 31.7. The molecule has 0 unspecified atom stereocenters. The summed E-state index contributed by atoms with van der Waals surface area (Å²) in [7, 11) is 0. The number of benzene rings is 10. The van der Waals surface area contributed by atoms with E-state index in [-0.39, 0.29) is 21.7 Å². The fourth-order valence-corrected chi connectivity index (χ4v) is 14.4. The Morgan fingerprint density at radius 1 is 0.303 bits per heavy atom. The first-order valence-electron chi connectivity index (χ1n) is 27.5. The summed E-state index contributed by atoms with van der Waals surface area (Å²) >= 11 is 0. The summed E-state index contributed by atoms with van der Waals surface area (Å²) in [6.45, 7) is 23.7. The molecule has 1 heteroatoms. The standard InChI is InChI=1S/C75H65N/c1-71(2,3)48-36-41-56-57-42-37-49(72(4,5)6)45-66(57)75(65(56)44-48)62-29-17-13-24-59(62)69-63(75)30-20-32-68(69)76(50-38-33-46(34-39-50)52-25-19-26-58-54-23-12-16-28-61(54)74(9,10)70(52)58)67-31-18-14-21-51(67)47-35-40-55-53-22-11-15-27-60(53)73(7,8)64(55)43-47/h11-45H,1-10H3. The van der Waals surface area contributed by atoms with E-state index in [1.165, 1.54) is 128 Å². The average Bonchev–Trinajstić information content (AvgIpc) is 4.07. The van der Waals surface area contributed by atoms with E-state index in [4.69, 9.17) is 0 Å². The molecule has 4 aliphatic carbocycles. The van der Waals surface area contributed by atoms with Crippen molar-refractivity contribution in [1.29, 1.82) is 0 Å². The van der Waals surface area contributed by atoms with Crippen molar-refractivity contribution in [3.8, 4) is 66.8 Å². The van der Waals surface area contributed by atoms with E-state index in [0.29, 0.717) is 0 Å². The first-order valence-corrected chi connectivity index (χ1v) is 27.5. The van der Waals surface area contributed by atoms with Gasteiger partial charge in [-0.1, -0.05) is 251 Å². The molecule has 0 fully saturated rings. The van der Waals surface area contributed by atoms with Crippen LogP contribution in [0.1, 0.15) is 125 Å². The molecule has 0 N–H and O–H groups in total. The van der Waals surface area contributed by atoms with E-state index in [1.54, 1.807) is 0 Å². The highest BCUT2D eigenvalue weighted by atomic mass is 15.1. The Bertz CT molecular complexity index is 4000. The molecule has 0 radical (unpaired) electrons. The minimum Gasteiger partial charge on any atom is -0.309 e. The Kier molecular flexibility index (Phi) is 9.80. The monoisotopic (exact) mass is 980 g/mol. The Balaban J connectivity index is 1.02. The van der Waals surface area contributed by atoms with Crippen molar-refractivity contribution in [2.45, 2.75) is 96.3 Å². The fraction of sp³-hybridized carbons (Fsp3) is 0.200. The molecule has 0 heterocycles. The molecule has 4 aliphatic rings. The van der Waals surface area contributed by atoms with Crippen LogP contribution in [-0.4, -0.2) is 0 Å². The highest BCUT2D eigenvalue weighted by Gasteiger charge is 2.53. The smallest absolute Gasteiger partial charge is 0.0726 e. The van der Waals surface area contributed by atoms with Crippen LogP contribution in [0.4, 0.5) is 17.1 Å². The van der Waals surface area contributed by atoms with Crippen LogP contribution in [-0.2, 0) is 27.1 Å². The van der Waals surface area contributed by atoms with E-state index < -0.39 is 5.41 Å². The zero-order valence-corrected chi connectivity index (χ0v) is 45.7. The Morgan fingerprint density at radius 2 is 0.750 bits per heavy atom. The fourth-order valence-electron chi connectivity index (χ4n) is 14.4. The van der Waals surface area contributed by atoms with Gasteiger partial charge in [0.05, 0.1) is 16.8 Å². The highest BCUT2D eigenvalue weighted by molar-refractivity contribution is 6.03. The predicted octanol–water partition coefficient (Wildman–Crippen LogP) is 20.0.